The van der Waals surface area contributed by atoms with Gasteiger partial charge in [0.1, 0.15) is 0 Å². The predicted octanol–water partition coefficient (Wildman–Crippen LogP) is 1.93. The van der Waals surface area contributed by atoms with Gasteiger partial charge in [0.15, 0.2) is 16.2 Å². The zero-order valence-electron chi connectivity index (χ0n) is 9.22. The molecule has 102 valence electrons. The van der Waals surface area contributed by atoms with Gasteiger partial charge in [0.2, 0.25) is 10.0 Å². The van der Waals surface area contributed by atoms with Gasteiger partial charge in [-0.1, -0.05) is 0 Å². The van der Waals surface area contributed by atoms with E-state index in [1.165, 1.54) is 6.07 Å². The maximum absolute atomic E-state index is 12.9. The number of rotatable bonds is 1. The van der Waals surface area contributed by atoms with Gasteiger partial charge in [-0.15, -0.1) is 8.78 Å². The standard InChI is InChI=1S/C9H5BrF2N2O4S/c1-19(15,16)14-5-3-7-6(17-9(11,12)18-7)2-4(5)13-8(14)10/h2-3H,1H3. The van der Waals surface area contributed by atoms with Crippen LogP contribution in [-0.4, -0.2) is 29.9 Å². The molecule has 19 heavy (non-hydrogen) atoms. The van der Waals surface area contributed by atoms with E-state index in [1.54, 1.807) is 0 Å². The molecular formula is C9H5BrF2N2O4S. The Morgan fingerprint density at radius 1 is 1.32 bits per heavy atom. The number of hydrogen-bond donors (Lipinski definition) is 0. The normalized spacial score (nSPS) is 17.1. The molecule has 10 heteroatoms. The Balaban J connectivity index is 2.31. The van der Waals surface area contributed by atoms with Gasteiger partial charge in [-0.2, -0.15) is 0 Å². The van der Waals surface area contributed by atoms with Crippen molar-refractivity contribution >= 4 is 37.0 Å². The van der Waals surface area contributed by atoms with Crippen LogP contribution in [0.2, 0.25) is 0 Å². The molecule has 1 aliphatic rings. The number of halogens is 3. The highest BCUT2D eigenvalue weighted by Crippen LogP contribution is 2.43. The highest BCUT2D eigenvalue weighted by atomic mass is 79.9. The van der Waals surface area contributed by atoms with Crippen LogP contribution in [-0.2, 0) is 10.0 Å². The van der Waals surface area contributed by atoms with Crippen LogP contribution in [0.15, 0.2) is 16.9 Å². The lowest BCUT2D eigenvalue weighted by molar-refractivity contribution is -0.286. The van der Waals surface area contributed by atoms with E-state index in [9.17, 15) is 17.2 Å². The minimum Gasteiger partial charge on any atom is -0.395 e. The fraction of sp³-hybridized carbons (Fsp3) is 0.222. The lowest BCUT2D eigenvalue weighted by Gasteiger charge is -2.04. The molecule has 1 aromatic heterocycles. The highest BCUT2D eigenvalue weighted by Gasteiger charge is 2.44. The number of fused-ring (bicyclic) bond motifs is 2. The minimum absolute atomic E-state index is 0.0421. The van der Waals surface area contributed by atoms with Gasteiger partial charge >= 0.3 is 6.29 Å². The second kappa shape index (κ2) is 3.57. The number of alkyl halides is 2. The van der Waals surface area contributed by atoms with E-state index in [4.69, 9.17) is 0 Å². The Morgan fingerprint density at radius 2 is 1.89 bits per heavy atom. The van der Waals surface area contributed by atoms with E-state index in [0.29, 0.717) is 0 Å². The smallest absolute Gasteiger partial charge is 0.395 e. The molecule has 0 radical (unpaired) electrons. The van der Waals surface area contributed by atoms with E-state index in [-0.39, 0.29) is 27.3 Å². The molecule has 1 aliphatic heterocycles. The quantitative estimate of drug-likeness (QED) is 0.782. The number of hydrogen-bond acceptors (Lipinski definition) is 5. The minimum atomic E-state index is -3.76. The third-order valence-corrected chi connectivity index (χ3v) is 4.23. The van der Waals surface area contributed by atoms with Crippen molar-refractivity contribution in [3.05, 3.63) is 16.9 Å². The molecule has 6 nitrogen and oxygen atoms in total. The van der Waals surface area contributed by atoms with E-state index >= 15 is 0 Å². The molecule has 0 saturated carbocycles. The summed E-state index contributed by atoms with van der Waals surface area (Å²) in [4.78, 5) is 3.92. The van der Waals surface area contributed by atoms with Gasteiger partial charge in [0, 0.05) is 12.1 Å². The van der Waals surface area contributed by atoms with E-state index < -0.39 is 16.3 Å². The van der Waals surface area contributed by atoms with Crippen LogP contribution in [0.4, 0.5) is 8.78 Å². The fourth-order valence-corrected chi connectivity index (χ4v) is 3.78. The van der Waals surface area contributed by atoms with Crippen molar-refractivity contribution in [2.75, 3.05) is 6.26 Å². The molecule has 0 saturated heterocycles. The van der Waals surface area contributed by atoms with Crippen LogP contribution in [0.1, 0.15) is 0 Å². The summed E-state index contributed by atoms with van der Waals surface area (Å²) in [6.45, 7) is 0. The Labute approximate surface area is 114 Å². The van der Waals surface area contributed by atoms with Crippen LogP contribution < -0.4 is 9.47 Å². The Morgan fingerprint density at radius 3 is 2.47 bits per heavy atom. The van der Waals surface area contributed by atoms with Crippen molar-refractivity contribution in [3.63, 3.8) is 0 Å². The van der Waals surface area contributed by atoms with Crippen molar-refractivity contribution in [2.45, 2.75) is 6.29 Å². The average molecular weight is 355 g/mol. The zero-order valence-corrected chi connectivity index (χ0v) is 11.6. The van der Waals surface area contributed by atoms with Gasteiger partial charge in [-0.25, -0.2) is 17.4 Å². The van der Waals surface area contributed by atoms with Crippen LogP contribution >= 0.6 is 15.9 Å². The number of nitrogens with zero attached hydrogens (tertiary/aromatic N) is 2. The molecule has 0 atom stereocenters. The van der Waals surface area contributed by atoms with Crippen molar-refractivity contribution in [3.8, 4) is 11.5 Å². The summed E-state index contributed by atoms with van der Waals surface area (Å²) in [5.74, 6) is -0.432. The maximum atomic E-state index is 12.9. The van der Waals surface area contributed by atoms with Crippen LogP contribution in [0.5, 0.6) is 11.5 Å². The van der Waals surface area contributed by atoms with Gasteiger partial charge < -0.3 is 9.47 Å². The highest BCUT2D eigenvalue weighted by molar-refractivity contribution is 9.10. The van der Waals surface area contributed by atoms with Crippen molar-refractivity contribution in [1.82, 2.24) is 8.96 Å². The second-order valence-corrected chi connectivity index (χ2v) is 6.40. The van der Waals surface area contributed by atoms with Crippen LogP contribution in [0.3, 0.4) is 0 Å². The molecule has 1 aromatic carbocycles. The lowest BCUT2D eigenvalue weighted by atomic mass is 10.3. The SMILES string of the molecule is CS(=O)(=O)n1c(Br)nc2cc3c(cc21)OC(F)(F)O3. The first kappa shape index (κ1) is 12.6. The average Bonchev–Trinajstić information content (AvgIpc) is 2.65. The Kier molecular flexibility index (Phi) is 2.37. The summed E-state index contributed by atoms with van der Waals surface area (Å²) in [5.41, 5.74) is 0.312. The topological polar surface area (TPSA) is 70.4 Å². The molecule has 0 bridgehead atoms. The van der Waals surface area contributed by atoms with Gasteiger partial charge in [-0.3, -0.25) is 0 Å². The molecular weight excluding hydrogens is 350 g/mol. The van der Waals surface area contributed by atoms with E-state index in [0.717, 1.165) is 16.3 Å². The zero-order chi connectivity index (χ0) is 14.0. The molecule has 0 spiro atoms. The summed E-state index contributed by atoms with van der Waals surface area (Å²) in [6, 6.07) is 2.34. The molecule has 0 amide bonds. The van der Waals surface area contributed by atoms with E-state index in [1.807, 2.05) is 0 Å². The first-order chi connectivity index (χ1) is 8.67. The monoisotopic (exact) mass is 354 g/mol. The summed E-state index contributed by atoms with van der Waals surface area (Å²) in [7, 11) is -3.64. The first-order valence-corrected chi connectivity index (χ1v) is 7.50. The molecule has 0 aliphatic carbocycles. The fourth-order valence-electron chi connectivity index (χ4n) is 1.79. The first-order valence-electron chi connectivity index (χ1n) is 4.86. The largest absolute Gasteiger partial charge is 0.586 e. The molecule has 2 heterocycles. The molecule has 2 aromatic rings. The second-order valence-electron chi connectivity index (χ2n) is 3.86. The van der Waals surface area contributed by atoms with Crippen molar-refractivity contribution < 1.29 is 26.7 Å². The molecule has 0 unspecified atom stereocenters. The van der Waals surface area contributed by atoms with Gasteiger partial charge in [0.05, 0.1) is 17.3 Å². The van der Waals surface area contributed by atoms with Crippen LogP contribution in [0.25, 0.3) is 11.0 Å². The summed E-state index contributed by atoms with van der Waals surface area (Å²) >= 11 is 3.00. The Bertz CT molecular complexity index is 802. The van der Waals surface area contributed by atoms with Crippen molar-refractivity contribution in [1.29, 1.82) is 0 Å². The molecule has 0 fully saturated rings. The number of benzene rings is 1. The van der Waals surface area contributed by atoms with Crippen molar-refractivity contribution in [2.24, 2.45) is 0 Å². The summed E-state index contributed by atoms with van der Waals surface area (Å²) < 4.78 is 58.5. The molecule has 0 N–H and O–H groups in total. The maximum Gasteiger partial charge on any atom is 0.586 e. The number of imidazole rings is 1. The summed E-state index contributed by atoms with van der Waals surface area (Å²) in [5, 5.41) is 0. The third-order valence-electron chi connectivity index (χ3n) is 2.43. The van der Waals surface area contributed by atoms with E-state index in [2.05, 4.69) is 30.4 Å². The summed E-state index contributed by atoms with van der Waals surface area (Å²) in [6.07, 6.45) is -2.79. The van der Waals surface area contributed by atoms with Gasteiger partial charge in [0.25, 0.3) is 0 Å². The third kappa shape index (κ3) is 1.94. The number of ether oxygens (including phenoxy) is 2. The predicted molar refractivity (Wildman–Crippen MR) is 63.9 cm³/mol. The van der Waals surface area contributed by atoms with Crippen LogP contribution in [0, 0.1) is 0 Å². The lowest BCUT2D eigenvalue weighted by Crippen LogP contribution is -2.25. The van der Waals surface area contributed by atoms with Gasteiger partial charge in [-0.05, 0) is 15.9 Å². The number of aromatic nitrogens is 2. The molecule has 3 rings (SSSR count). The Hall–Kier alpha value is -1.42.